The largest absolute Gasteiger partial charge is 0.449 e. The highest BCUT2D eigenvalue weighted by atomic mass is 35.5. The highest BCUT2D eigenvalue weighted by molar-refractivity contribution is 7.90. The molecule has 0 bridgehead atoms. The Kier molecular flexibility index (Phi) is 8.00. The van der Waals surface area contributed by atoms with Gasteiger partial charge in [0.15, 0.2) is 21.2 Å². The molecule has 41 heavy (non-hydrogen) atoms. The van der Waals surface area contributed by atoms with E-state index in [0.29, 0.717) is 48.2 Å². The van der Waals surface area contributed by atoms with Gasteiger partial charge in [0.25, 0.3) is 0 Å². The number of ether oxygens (including phenoxy) is 1. The summed E-state index contributed by atoms with van der Waals surface area (Å²) in [5, 5.41) is 3.12. The van der Waals surface area contributed by atoms with Crippen molar-refractivity contribution in [2.75, 3.05) is 25.9 Å². The normalized spacial score (nSPS) is 21.2. The first-order valence-electron chi connectivity index (χ1n) is 13.2. The number of likely N-dealkylation sites (tertiary alicyclic amines) is 1. The fourth-order valence-electron chi connectivity index (χ4n) is 5.54. The lowest BCUT2D eigenvalue weighted by Crippen LogP contribution is -2.54. The molecule has 2 saturated heterocycles. The van der Waals surface area contributed by atoms with E-state index in [9.17, 15) is 22.8 Å². The number of esters is 1. The van der Waals surface area contributed by atoms with Gasteiger partial charge < -0.3 is 10.1 Å². The summed E-state index contributed by atoms with van der Waals surface area (Å²) >= 11 is 6.64. The number of aryl methyl sites for hydroxylation is 1. The van der Waals surface area contributed by atoms with Crippen LogP contribution in [0.25, 0.3) is 11.1 Å². The highest BCUT2D eigenvalue weighted by Gasteiger charge is 2.57. The topological polar surface area (TPSA) is 123 Å². The summed E-state index contributed by atoms with van der Waals surface area (Å²) in [5.41, 5.74) is 1.71. The summed E-state index contributed by atoms with van der Waals surface area (Å²) in [4.78, 5) is 45.8. The highest BCUT2D eigenvalue weighted by Crippen LogP contribution is 2.43. The van der Waals surface area contributed by atoms with Crippen molar-refractivity contribution in [3.05, 3.63) is 82.6 Å². The number of ketones is 1. The SMILES string of the molecule is Cc1cc(-c2cccc(S(C)(=O)=O)c2)c(Cl)cc1C1C(=O)OC2(CCCN(CC(=O)NCc3ccccn3)C2)C1=O. The molecule has 3 aromatic rings. The molecule has 1 aromatic heterocycles. The zero-order chi connectivity index (χ0) is 29.4. The average molecular weight is 596 g/mol. The van der Waals surface area contributed by atoms with Crippen LogP contribution in [0.5, 0.6) is 0 Å². The molecule has 9 nitrogen and oxygen atoms in total. The molecule has 2 atom stereocenters. The number of aromatic nitrogens is 1. The van der Waals surface area contributed by atoms with Crippen molar-refractivity contribution in [1.82, 2.24) is 15.2 Å². The van der Waals surface area contributed by atoms with Gasteiger partial charge in [0.1, 0.15) is 5.92 Å². The number of benzene rings is 2. The monoisotopic (exact) mass is 595 g/mol. The summed E-state index contributed by atoms with van der Waals surface area (Å²) in [7, 11) is -3.42. The molecule has 214 valence electrons. The smallest absolute Gasteiger partial charge is 0.322 e. The van der Waals surface area contributed by atoms with Crippen LogP contribution < -0.4 is 5.32 Å². The van der Waals surface area contributed by atoms with Crippen molar-refractivity contribution >= 4 is 39.1 Å². The molecule has 0 saturated carbocycles. The first kappa shape index (κ1) is 28.9. The van der Waals surface area contributed by atoms with E-state index >= 15 is 0 Å². The lowest BCUT2D eigenvalue weighted by molar-refractivity contribution is -0.157. The Balaban J connectivity index is 1.33. The van der Waals surface area contributed by atoms with Gasteiger partial charge in [0, 0.05) is 29.6 Å². The number of amides is 1. The molecular formula is C30H30ClN3O6S. The van der Waals surface area contributed by atoms with E-state index in [4.69, 9.17) is 16.3 Å². The van der Waals surface area contributed by atoms with E-state index in [0.717, 1.165) is 11.9 Å². The molecule has 5 rings (SSSR count). The number of piperidine rings is 1. The van der Waals surface area contributed by atoms with E-state index < -0.39 is 27.3 Å². The predicted octanol–water partition coefficient (Wildman–Crippen LogP) is 3.47. The lowest BCUT2D eigenvalue weighted by Gasteiger charge is -2.37. The number of hydrogen-bond acceptors (Lipinski definition) is 8. The molecule has 1 N–H and O–H groups in total. The fraction of sp³-hybridized carbons (Fsp3) is 0.333. The van der Waals surface area contributed by atoms with Gasteiger partial charge in [-0.15, -0.1) is 0 Å². The van der Waals surface area contributed by atoms with E-state index in [1.54, 1.807) is 49.5 Å². The molecule has 11 heteroatoms. The fourth-order valence-corrected chi connectivity index (χ4v) is 6.49. The minimum absolute atomic E-state index is 0.0657. The summed E-state index contributed by atoms with van der Waals surface area (Å²) < 4.78 is 29.9. The van der Waals surface area contributed by atoms with E-state index in [2.05, 4.69) is 10.3 Å². The number of sulfone groups is 1. The van der Waals surface area contributed by atoms with E-state index in [1.807, 2.05) is 17.0 Å². The summed E-state index contributed by atoms with van der Waals surface area (Å²) in [6.07, 6.45) is 3.76. The van der Waals surface area contributed by atoms with Crippen molar-refractivity contribution < 1.29 is 27.5 Å². The summed E-state index contributed by atoms with van der Waals surface area (Å²) in [6.45, 7) is 2.87. The Hall–Kier alpha value is -3.60. The molecule has 2 unspecified atom stereocenters. The molecule has 0 aliphatic carbocycles. The maximum absolute atomic E-state index is 13.8. The molecule has 3 heterocycles. The summed E-state index contributed by atoms with van der Waals surface area (Å²) in [5.74, 6) is -2.32. The number of carbonyl (C=O) groups excluding carboxylic acids is 3. The van der Waals surface area contributed by atoms with Crippen LogP contribution in [0.3, 0.4) is 0 Å². The van der Waals surface area contributed by atoms with Crippen LogP contribution in [0, 0.1) is 6.92 Å². The molecule has 2 aliphatic rings. The van der Waals surface area contributed by atoms with Gasteiger partial charge in [0.2, 0.25) is 5.91 Å². The molecule has 2 aliphatic heterocycles. The zero-order valence-electron chi connectivity index (χ0n) is 22.7. The lowest BCUT2D eigenvalue weighted by atomic mass is 9.81. The number of nitrogens with zero attached hydrogens (tertiary/aromatic N) is 2. The van der Waals surface area contributed by atoms with E-state index in [1.165, 1.54) is 6.07 Å². The Morgan fingerprint density at radius 3 is 2.71 bits per heavy atom. The number of pyridine rings is 1. The second kappa shape index (κ2) is 11.3. The van der Waals surface area contributed by atoms with Crippen molar-refractivity contribution in [2.45, 2.75) is 42.7 Å². The maximum atomic E-state index is 13.8. The third-order valence-electron chi connectivity index (χ3n) is 7.58. The van der Waals surface area contributed by atoms with Gasteiger partial charge in [-0.1, -0.05) is 29.8 Å². The number of carbonyl (C=O) groups is 3. The van der Waals surface area contributed by atoms with Gasteiger partial charge in [-0.3, -0.25) is 24.3 Å². The van der Waals surface area contributed by atoms with Crippen molar-refractivity contribution in [2.24, 2.45) is 0 Å². The van der Waals surface area contributed by atoms with Crippen LogP contribution in [0.15, 0.2) is 65.7 Å². The first-order valence-corrected chi connectivity index (χ1v) is 15.5. The Morgan fingerprint density at radius 1 is 1.17 bits per heavy atom. The number of hydrogen-bond donors (Lipinski definition) is 1. The standard InChI is InChI=1S/C30H30ClN3O6S/c1-19-13-24(20-7-5-9-22(14-20)41(2,38)39)25(31)15-23(19)27-28(36)30(40-29(27)37)10-6-12-34(18-30)17-26(35)33-16-21-8-3-4-11-32-21/h3-5,7-9,11,13-15,27H,6,10,12,16-18H2,1-2H3,(H,33,35). The Labute approximate surface area is 243 Å². The van der Waals surface area contributed by atoms with Crippen LogP contribution in [0.4, 0.5) is 0 Å². The first-order chi connectivity index (χ1) is 19.5. The Bertz CT molecular complexity index is 1630. The molecule has 2 aromatic carbocycles. The van der Waals surface area contributed by atoms with Crippen LogP contribution in [0.2, 0.25) is 5.02 Å². The van der Waals surface area contributed by atoms with Gasteiger partial charge in [0.05, 0.1) is 23.7 Å². The third kappa shape index (κ3) is 6.05. The number of rotatable bonds is 7. The van der Waals surface area contributed by atoms with Gasteiger partial charge in [-0.2, -0.15) is 0 Å². The second-order valence-electron chi connectivity index (χ2n) is 10.6. The second-order valence-corrected chi connectivity index (χ2v) is 13.0. The summed E-state index contributed by atoms with van der Waals surface area (Å²) in [6, 6.07) is 15.3. The molecule has 2 fully saturated rings. The minimum Gasteiger partial charge on any atom is -0.449 e. The maximum Gasteiger partial charge on any atom is 0.322 e. The van der Waals surface area contributed by atoms with Crippen LogP contribution >= 0.6 is 11.6 Å². The third-order valence-corrected chi connectivity index (χ3v) is 9.00. The molecular weight excluding hydrogens is 566 g/mol. The predicted molar refractivity (Wildman–Crippen MR) is 153 cm³/mol. The number of nitrogens with one attached hydrogen (secondary N) is 1. The molecule has 0 radical (unpaired) electrons. The van der Waals surface area contributed by atoms with Gasteiger partial charge in [-0.05, 0) is 79.4 Å². The van der Waals surface area contributed by atoms with Crippen LogP contribution in [-0.2, 0) is 35.5 Å². The van der Waals surface area contributed by atoms with Gasteiger partial charge in [-0.25, -0.2) is 8.42 Å². The molecule has 1 spiro atoms. The van der Waals surface area contributed by atoms with E-state index in [-0.39, 0.29) is 34.7 Å². The van der Waals surface area contributed by atoms with Gasteiger partial charge >= 0.3 is 5.97 Å². The van der Waals surface area contributed by atoms with Crippen molar-refractivity contribution in [3.8, 4) is 11.1 Å². The average Bonchev–Trinajstić information content (AvgIpc) is 3.16. The van der Waals surface area contributed by atoms with Crippen LogP contribution in [0.1, 0.15) is 35.6 Å². The molecule has 1 amide bonds. The number of halogens is 1. The van der Waals surface area contributed by atoms with Crippen molar-refractivity contribution in [3.63, 3.8) is 0 Å². The minimum atomic E-state index is -3.42. The van der Waals surface area contributed by atoms with Crippen molar-refractivity contribution in [1.29, 1.82) is 0 Å². The quantitative estimate of drug-likeness (QED) is 0.325. The number of Topliss-reactive ketones (excluding diaryl/α,β-unsaturated/α-hetero) is 1. The van der Waals surface area contributed by atoms with Crippen LogP contribution in [-0.4, -0.2) is 67.5 Å². The Morgan fingerprint density at radius 2 is 1.98 bits per heavy atom. The zero-order valence-corrected chi connectivity index (χ0v) is 24.3.